The minimum atomic E-state index is -0.208. The molecule has 2 rings (SSSR count). The predicted molar refractivity (Wildman–Crippen MR) is 49.1 cm³/mol. The van der Waals surface area contributed by atoms with E-state index in [-0.39, 0.29) is 5.41 Å². The minimum Gasteiger partial charge on any atom is -0.265 e. The molecule has 3 nitrogen and oxygen atoms in total. The third-order valence-electron chi connectivity index (χ3n) is 2.61. The zero-order valence-electron chi connectivity index (χ0n) is 7.99. The Balaban J connectivity index is 2.42. The van der Waals surface area contributed by atoms with Gasteiger partial charge in [-0.1, -0.05) is 0 Å². The van der Waals surface area contributed by atoms with Crippen molar-refractivity contribution in [2.24, 2.45) is 0 Å². The molecular weight excluding hydrogens is 162 g/mol. The van der Waals surface area contributed by atoms with E-state index in [0.29, 0.717) is 6.04 Å². The maximum Gasteiger partial charge on any atom is 0.0991 e. The highest BCUT2D eigenvalue weighted by Crippen LogP contribution is 2.47. The van der Waals surface area contributed by atoms with E-state index in [4.69, 9.17) is 5.26 Å². The van der Waals surface area contributed by atoms with Crippen LogP contribution >= 0.6 is 0 Å². The molecule has 1 heterocycles. The van der Waals surface area contributed by atoms with Crippen LogP contribution in [0.2, 0.25) is 0 Å². The van der Waals surface area contributed by atoms with Gasteiger partial charge >= 0.3 is 0 Å². The Morgan fingerprint density at radius 1 is 1.62 bits per heavy atom. The molecule has 0 aliphatic heterocycles. The highest BCUT2D eigenvalue weighted by atomic mass is 15.3. The maximum atomic E-state index is 9.04. The van der Waals surface area contributed by atoms with Crippen LogP contribution in [0.15, 0.2) is 12.3 Å². The first kappa shape index (κ1) is 8.31. The average Bonchev–Trinajstić information content (AvgIpc) is 2.74. The molecular formula is C10H13N3. The molecule has 0 radical (unpaired) electrons. The summed E-state index contributed by atoms with van der Waals surface area (Å²) in [5, 5.41) is 13.3. The van der Waals surface area contributed by atoms with Crippen LogP contribution in [0.5, 0.6) is 0 Å². The second-order valence-corrected chi connectivity index (χ2v) is 3.95. The number of aromatic nitrogens is 2. The van der Waals surface area contributed by atoms with Crippen LogP contribution in [-0.2, 0) is 5.41 Å². The van der Waals surface area contributed by atoms with Crippen molar-refractivity contribution in [3.8, 4) is 6.07 Å². The fourth-order valence-corrected chi connectivity index (χ4v) is 1.65. The standard InChI is InChI=1S/C10H13N3/c1-8(2)13-9(3-6-12-13)10(7-11)4-5-10/h3,6,8H,4-5H2,1-2H3. The molecule has 0 aromatic carbocycles. The lowest BCUT2D eigenvalue weighted by Gasteiger charge is -2.13. The summed E-state index contributed by atoms with van der Waals surface area (Å²) in [6, 6.07) is 4.70. The molecule has 1 aliphatic rings. The first-order valence-electron chi connectivity index (χ1n) is 4.65. The van der Waals surface area contributed by atoms with E-state index < -0.39 is 0 Å². The Kier molecular flexibility index (Phi) is 1.66. The second-order valence-electron chi connectivity index (χ2n) is 3.95. The van der Waals surface area contributed by atoms with Gasteiger partial charge in [-0.05, 0) is 32.8 Å². The molecule has 0 amide bonds. The fourth-order valence-electron chi connectivity index (χ4n) is 1.65. The number of hydrogen-bond acceptors (Lipinski definition) is 2. The highest BCUT2D eigenvalue weighted by molar-refractivity contribution is 5.33. The summed E-state index contributed by atoms with van der Waals surface area (Å²) in [5.74, 6) is 0. The molecule has 1 aromatic heterocycles. The first-order valence-corrected chi connectivity index (χ1v) is 4.65. The zero-order valence-corrected chi connectivity index (χ0v) is 7.99. The van der Waals surface area contributed by atoms with Crippen molar-refractivity contribution in [2.45, 2.75) is 38.1 Å². The van der Waals surface area contributed by atoms with Crippen LogP contribution in [-0.4, -0.2) is 9.78 Å². The van der Waals surface area contributed by atoms with Gasteiger partial charge in [0.05, 0.1) is 17.2 Å². The Morgan fingerprint density at radius 3 is 2.77 bits per heavy atom. The molecule has 68 valence electrons. The molecule has 3 heteroatoms. The van der Waals surface area contributed by atoms with Gasteiger partial charge in [0.15, 0.2) is 0 Å². The van der Waals surface area contributed by atoms with Crippen molar-refractivity contribution in [3.63, 3.8) is 0 Å². The van der Waals surface area contributed by atoms with Crippen molar-refractivity contribution in [1.82, 2.24) is 9.78 Å². The first-order chi connectivity index (χ1) is 6.19. The van der Waals surface area contributed by atoms with Crippen molar-refractivity contribution in [2.75, 3.05) is 0 Å². The predicted octanol–water partition coefficient (Wildman–Crippen LogP) is 2.02. The monoisotopic (exact) mass is 175 g/mol. The van der Waals surface area contributed by atoms with Crippen LogP contribution in [0.3, 0.4) is 0 Å². The van der Waals surface area contributed by atoms with E-state index in [9.17, 15) is 0 Å². The smallest absolute Gasteiger partial charge is 0.0991 e. The van der Waals surface area contributed by atoms with Crippen LogP contribution in [0.1, 0.15) is 38.4 Å². The molecule has 0 N–H and O–H groups in total. The minimum absolute atomic E-state index is 0.208. The third-order valence-corrected chi connectivity index (χ3v) is 2.61. The fraction of sp³-hybridized carbons (Fsp3) is 0.600. The third kappa shape index (κ3) is 1.14. The van der Waals surface area contributed by atoms with E-state index in [0.717, 1.165) is 18.5 Å². The van der Waals surface area contributed by atoms with Crippen LogP contribution in [0, 0.1) is 11.3 Å². The number of rotatable bonds is 2. The zero-order chi connectivity index (χ0) is 9.47. The van der Waals surface area contributed by atoms with E-state index in [1.807, 2.05) is 10.7 Å². The highest BCUT2D eigenvalue weighted by Gasteiger charge is 2.47. The largest absolute Gasteiger partial charge is 0.265 e. The SMILES string of the molecule is CC(C)n1nccc1C1(C#N)CC1. The number of nitriles is 1. The number of hydrogen-bond donors (Lipinski definition) is 0. The van der Waals surface area contributed by atoms with Gasteiger partial charge in [-0.3, -0.25) is 4.68 Å². The molecule has 1 aromatic rings. The summed E-state index contributed by atoms with van der Waals surface area (Å²) < 4.78 is 1.95. The molecule has 0 unspecified atom stereocenters. The van der Waals surface area contributed by atoms with Crippen LogP contribution < -0.4 is 0 Å². The molecule has 1 aliphatic carbocycles. The summed E-state index contributed by atoms with van der Waals surface area (Å²) in [6.07, 6.45) is 3.76. The van der Waals surface area contributed by atoms with Gasteiger partial charge in [-0.2, -0.15) is 10.4 Å². The van der Waals surface area contributed by atoms with Gasteiger partial charge in [0.25, 0.3) is 0 Å². The van der Waals surface area contributed by atoms with Crippen molar-refractivity contribution in [3.05, 3.63) is 18.0 Å². The maximum absolute atomic E-state index is 9.04. The lowest BCUT2D eigenvalue weighted by Crippen LogP contribution is -2.14. The average molecular weight is 175 g/mol. The molecule has 0 bridgehead atoms. The lowest BCUT2D eigenvalue weighted by molar-refractivity contribution is 0.498. The quantitative estimate of drug-likeness (QED) is 0.690. The summed E-state index contributed by atoms with van der Waals surface area (Å²) in [7, 11) is 0. The Bertz CT molecular complexity index is 352. The molecule has 13 heavy (non-hydrogen) atoms. The van der Waals surface area contributed by atoms with E-state index in [1.165, 1.54) is 0 Å². The van der Waals surface area contributed by atoms with Gasteiger partial charge in [0, 0.05) is 12.2 Å². The van der Waals surface area contributed by atoms with Crippen LogP contribution in [0.25, 0.3) is 0 Å². The lowest BCUT2D eigenvalue weighted by atomic mass is 10.0. The van der Waals surface area contributed by atoms with E-state index >= 15 is 0 Å². The Morgan fingerprint density at radius 2 is 2.31 bits per heavy atom. The summed E-state index contributed by atoms with van der Waals surface area (Å²) in [4.78, 5) is 0. The van der Waals surface area contributed by atoms with E-state index in [2.05, 4.69) is 25.0 Å². The van der Waals surface area contributed by atoms with Crippen molar-refractivity contribution < 1.29 is 0 Å². The summed E-state index contributed by atoms with van der Waals surface area (Å²) in [5.41, 5.74) is 0.880. The topological polar surface area (TPSA) is 41.6 Å². The van der Waals surface area contributed by atoms with Crippen molar-refractivity contribution >= 4 is 0 Å². The van der Waals surface area contributed by atoms with Gasteiger partial charge in [-0.15, -0.1) is 0 Å². The van der Waals surface area contributed by atoms with Gasteiger partial charge < -0.3 is 0 Å². The molecule has 1 fully saturated rings. The molecule has 1 saturated carbocycles. The molecule has 0 atom stereocenters. The normalized spacial score (nSPS) is 18.6. The van der Waals surface area contributed by atoms with Gasteiger partial charge in [0.2, 0.25) is 0 Å². The van der Waals surface area contributed by atoms with Crippen LogP contribution in [0.4, 0.5) is 0 Å². The van der Waals surface area contributed by atoms with Crippen molar-refractivity contribution in [1.29, 1.82) is 5.26 Å². The second kappa shape index (κ2) is 2.59. The molecule has 0 spiro atoms. The summed E-state index contributed by atoms with van der Waals surface area (Å²) >= 11 is 0. The van der Waals surface area contributed by atoms with Gasteiger partial charge in [-0.25, -0.2) is 0 Å². The van der Waals surface area contributed by atoms with E-state index in [1.54, 1.807) is 6.20 Å². The Hall–Kier alpha value is -1.30. The number of nitrogens with zero attached hydrogens (tertiary/aromatic N) is 3. The summed E-state index contributed by atoms with van der Waals surface area (Å²) in [6.45, 7) is 4.17. The molecule has 0 saturated heterocycles. The Labute approximate surface area is 78.0 Å². The van der Waals surface area contributed by atoms with Gasteiger partial charge in [0.1, 0.15) is 0 Å².